The van der Waals surface area contributed by atoms with Gasteiger partial charge in [0.05, 0.1) is 5.39 Å². The first-order valence-corrected chi connectivity index (χ1v) is 8.35. The molecule has 0 fully saturated rings. The molecule has 3 heterocycles. The van der Waals surface area contributed by atoms with E-state index in [1.54, 1.807) is 13.0 Å². The lowest BCUT2D eigenvalue weighted by molar-refractivity contribution is -0.390. The van der Waals surface area contributed by atoms with Gasteiger partial charge in [0, 0.05) is 0 Å². The Morgan fingerprint density at radius 2 is 2.17 bits per heavy atom. The van der Waals surface area contributed by atoms with Gasteiger partial charge in [0.1, 0.15) is 16.9 Å². The van der Waals surface area contributed by atoms with Crippen LogP contribution >= 0.6 is 11.3 Å². The largest absolute Gasteiger partial charge is 0.429 e. The van der Waals surface area contributed by atoms with Crippen molar-refractivity contribution in [2.75, 3.05) is 0 Å². The molecule has 0 aromatic carbocycles. The molecule has 0 aliphatic heterocycles. The van der Waals surface area contributed by atoms with Gasteiger partial charge in [0.25, 0.3) is 0 Å². The third kappa shape index (κ3) is 3.18. The molecule has 0 aliphatic rings. The highest BCUT2D eigenvalue weighted by atomic mass is 32.1. The van der Waals surface area contributed by atoms with Gasteiger partial charge in [-0.05, 0) is 52.2 Å². The fraction of sp³-hybridized carbons (Fsp3) is 0.312. The second-order valence-electron chi connectivity index (χ2n) is 5.80. The van der Waals surface area contributed by atoms with E-state index in [0.717, 1.165) is 22.2 Å². The Labute approximate surface area is 142 Å². The Kier molecular flexibility index (Phi) is 4.39. The summed E-state index contributed by atoms with van der Waals surface area (Å²) in [5, 5.41) is 14.0. The molecule has 3 aromatic heterocycles. The van der Waals surface area contributed by atoms with E-state index in [2.05, 4.69) is 28.8 Å². The lowest BCUT2D eigenvalue weighted by atomic mass is 10.0. The summed E-state index contributed by atoms with van der Waals surface area (Å²) in [6.07, 6.45) is 2.22. The summed E-state index contributed by atoms with van der Waals surface area (Å²) in [7, 11) is 0. The van der Waals surface area contributed by atoms with Crippen LogP contribution < -0.4 is 4.74 Å². The molecule has 0 radical (unpaired) electrons. The van der Waals surface area contributed by atoms with Gasteiger partial charge in [-0.2, -0.15) is 4.98 Å². The normalized spacial score (nSPS) is 11.2. The molecule has 0 spiro atoms. The number of hydrogen-bond acceptors (Lipinski definition) is 7. The SMILES string of the molecule is Cc1nc(Oc2cccnc2[N+](=O)[O-])c2c(CC(C)C)csc2n1. The molecule has 0 unspecified atom stereocenters. The van der Waals surface area contributed by atoms with E-state index in [4.69, 9.17) is 4.74 Å². The molecular formula is C16H16N4O3S. The van der Waals surface area contributed by atoms with Crippen LogP contribution in [0.15, 0.2) is 23.7 Å². The second kappa shape index (κ2) is 6.48. The number of thiophene rings is 1. The molecule has 8 heteroatoms. The number of nitrogens with zero attached hydrogens (tertiary/aromatic N) is 4. The summed E-state index contributed by atoms with van der Waals surface area (Å²) in [4.78, 5) is 24.0. The maximum Gasteiger partial charge on any atom is 0.406 e. The quantitative estimate of drug-likeness (QED) is 0.506. The molecule has 3 aromatic rings. The molecule has 0 amide bonds. The molecule has 0 bridgehead atoms. The van der Waals surface area contributed by atoms with Crippen molar-refractivity contribution < 1.29 is 9.66 Å². The van der Waals surface area contributed by atoms with E-state index in [0.29, 0.717) is 17.6 Å². The first-order chi connectivity index (χ1) is 11.5. The number of nitro groups is 1. The van der Waals surface area contributed by atoms with Crippen LogP contribution in [0.5, 0.6) is 11.6 Å². The first-order valence-electron chi connectivity index (χ1n) is 7.47. The Morgan fingerprint density at radius 3 is 2.88 bits per heavy atom. The number of rotatable bonds is 5. The maximum atomic E-state index is 11.1. The molecule has 124 valence electrons. The summed E-state index contributed by atoms with van der Waals surface area (Å²) in [5.74, 6) is 1.10. The summed E-state index contributed by atoms with van der Waals surface area (Å²) < 4.78 is 5.80. The van der Waals surface area contributed by atoms with Crippen molar-refractivity contribution in [3.05, 3.63) is 45.2 Å². The fourth-order valence-electron chi connectivity index (χ4n) is 2.44. The number of hydrogen-bond donors (Lipinski definition) is 0. The Hall–Kier alpha value is -2.61. The van der Waals surface area contributed by atoms with Gasteiger partial charge in [-0.15, -0.1) is 11.3 Å². The zero-order valence-electron chi connectivity index (χ0n) is 13.5. The van der Waals surface area contributed by atoms with E-state index in [1.165, 1.54) is 23.6 Å². The van der Waals surface area contributed by atoms with Gasteiger partial charge in [-0.3, -0.25) is 0 Å². The minimum absolute atomic E-state index is 0.0728. The van der Waals surface area contributed by atoms with Crippen LogP contribution in [0.2, 0.25) is 0 Å². The lowest BCUT2D eigenvalue weighted by Gasteiger charge is -2.09. The van der Waals surface area contributed by atoms with Crippen molar-refractivity contribution in [1.82, 2.24) is 15.0 Å². The highest BCUT2D eigenvalue weighted by molar-refractivity contribution is 7.17. The van der Waals surface area contributed by atoms with Gasteiger partial charge < -0.3 is 14.9 Å². The van der Waals surface area contributed by atoms with Crippen LogP contribution in [0.3, 0.4) is 0 Å². The van der Waals surface area contributed by atoms with Crippen molar-refractivity contribution >= 4 is 27.4 Å². The molecule has 24 heavy (non-hydrogen) atoms. The van der Waals surface area contributed by atoms with Crippen LogP contribution in [0.1, 0.15) is 25.2 Å². The van der Waals surface area contributed by atoms with Crippen LogP contribution in [-0.2, 0) is 6.42 Å². The molecule has 3 rings (SSSR count). The van der Waals surface area contributed by atoms with Gasteiger partial charge in [-0.25, -0.2) is 4.98 Å². The number of aromatic nitrogens is 3. The Morgan fingerprint density at radius 1 is 1.38 bits per heavy atom. The molecular weight excluding hydrogens is 328 g/mol. The smallest absolute Gasteiger partial charge is 0.406 e. The Balaban J connectivity index is 2.12. The standard InChI is InChI=1S/C16H16N4O3S/c1-9(2)7-11-8-24-16-13(11)15(18-10(3)19-16)23-12-5-4-6-17-14(12)20(21)22/h4-6,8-9H,7H2,1-3H3. The minimum Gasteiger partial charge on any atom is -0.429 e. The molecule has 0 atom stereocenters. The zero-order valence-corrected chi connectivity index (χ0v) is 14.3. The maximum absolute atomic E-state index is 11.1. The monoisotopic (exact) mass is 344 g/mol. The predicted molar refractivity (Wildman–Crippen MR) is 91.7 cm³/mol. The van der Waals surface area contributed by atoms with Crippen molar-refractivity contribution in [3.63, 3.8) is 0 Å². The van der Waals surface area contributed by atoms with E-state index in [-0.39, 0.29) is 11.6 Å². The minimum atomic E-state index is -0.566. The number of pyridine rings is 1. The topological polar surface area (TPSA) is 91.0 Å². The molecule has 0 saturated heterocycles. The molecule has 0 saturated carbocycles. The first kappa shape index (κ1) is 16.3. The number of ether oxygens (including phenoxy) is 1. The van der Waals surface area contributed by atoms with Gasteiger partial charge in [0.2, 0.25) is 11.6 Å². The van der Waals surface area contributed by atoms with Gasteiger partial charge in [0.15, 0.2) is 0 Å². The summed E-state index contributed by atoms with van der Waals surface area (Å²) in [6, 6.07) is 3.11. The van der Waals surface area contributed by atoms with E-state index in [9.17, 15) is 10.1 Å². The third-order valence-electron chi connectivity index (χ3n) is 3.35. The molecule has 7 nitrogen and oxygen atoms in total. The average Bonchev–Trinajstić information content (AvgIpc) is 2.89. The summed E-state index contributed by atoms with van der Waals surface area (Å²) in [5.41, 5.74) is 1.09. The fourth-order valence-corrected chi connectivity index (χ4v) is 3.42. The number of aryl methyl sites for hydroxylation is 1. The summed E-state index contributed by atoms with van der Waals surface area (Å²) >= 11 is 1.52. The number of fused-ring (bicyclic) bond motifs is 1. The van der Waals surface area contributed by atoms with Crippen molar-refractivity contribution in [1.29, 1.82) is 0 Å². The Bertz CT molecular complexity index is 907. The molecule has 0 N–H and O–H groups in total. The van der Waals surface area contributed by atoms with Crippen molar-refractivity contribution in [2.24, 2.45) is 5.92 Å². The van der Waals surface area contributed by atoms with E-state index >= 15 is 0 Å². The highest BCUT2D eigenvalue weighted by Gasteiger charge is 2.21. The van der Waals surface area contributed by atoms with Gasteiger partial charge >= 0.3 is 5.82 Å². The predicted octanol–water partition coefficient (Wildman–Crippen LogP) is 4.29. The van der Waals surface area contributed by atoms with Crippen molar-refractivity contribution in [3.8, 4) is 11.6 Å². The van der Waals surface area contributed by atoms with Gasteiger partial charge in [-0.1, -0.05) is 13.8 Å². The highest BCUT2D eigenvalue weighted by Crippen LogP contribution is 2.37. The second-order valence-corrected chi connectivity index (χ2v) is 6.66. The average molecular weight is 344 g/mol. The van der Waals surface area contributed by atoms with Crippen LogP contribution in [0, 0.1) is 23.0 Å². The van der Waals surface area contributed by atoms with Crippen LogP contribution in [0.25, 0.3) is 10.2 Å². The molecule has 0 aliphatic carbocycles. The van der Waals surface area contributed by atoms with Crippen molar-refractivity contribution in [2.45, 2.75) is 27.2 Å². The third-order valence-corrected chi connectivity index (χ3v) is 4.27. The van der Waals surface area contributed by atoms with E-state index in [1.807, 2.05) is 5.38 Å². The lowest BCUT2D eigenvalue weighted by Crippen LogP contribution is -2.00. The van der Waals surface area contributed by atoms with Crippen LogP contribution in [-0.4, -0.2) is 19.9 Å². The van der Waals surface area contributed by atoms with E-state index < -0.39 is 4.92 Å². The summed E-state index contributed by atoms with van der Waals surface area (Å²) in [6.45, 7) is 6.03. The zero-order chi connectivity index (χ0) is 17.3. The van der Waals surface area contributed by atoms with Crippen LogP contribution in [0.4, 0.5) is 5.82 Å².